The lowest BCUT2D eigenvalue weighted by Crippen LogP contribution is -2.14. The fraction of sp³-hybridized carbons (Fsp3) is 0.118. The van der Waals surface area contributed by atoms with Crippen molar-refractivity contribution in [2.45, 2.75) is 6.42 Å². The highest BCUT2D eigenvalue weighted by atomic mass is 35.5. The van der Waals surface area contributed by atoms with Crippen LogP contribution < -0.4 is 10.1 Å². The van der Waals surface area contributed by atoms with Crippen LogP contribution >= 0.6 is 11.6 Å². The molecule has 0 heterocycles. The maximum atomic E-state index is 12.7. The Labute approximate surface area is 138 Å². The van der Waals surface area contributed by atoms with E-state index in [-0.39, 0.29) is 17.8 Å². The van der Waals surface area contributed by atoms with Gasteiger partial charge in [0.2, 0.25) is 5.91 Å². The molecule has 2 aromatic rings. The summed E-state index contributed by atoms with van der Waals surface area (Å²) >= 11 is 5.83. The number of amides is 1. The largest absolute Gasteiger partial charge is 0.497 e. The maximum absolute atomic E-state index is 12.7. The summed E-state index contributed by atoms with van der Waals surface area (Å²) in [7, 11) is 1.49. The number of anilines is 1. The van der Waals surface area contributed by atoms with E-state index in [9.17, 15) is 9.59 Å². The minimum absolute atomic E-state index is 0.276. The summed E-state index contributed by atoms with van der Waals surface area (Å²) in [5.41, 5.74) is 1.03. The number of benzene rings is 2. The first kappa shape index (κ1) is 16.5. The molecule has 1 amide bonds. The van der Waals surface area contributed by atoms with E-state index in [4.69, 9.17) is 21.6 Å². The van der Waals surface area contributed by atoms with Crippen LogP contribution in [0.25, 0.3) is 0 Å². The van der Waals surface area contributed by atoms with Crippen LogP contribution in [0, 0.1) is 11.3 Å². The van der Waals surface area contributed by atoms with Gasteiger partial charge in [-0.1, -0.05) is 11.6 Å². The van der Waals surface area contributed by atoms with Gasteiger partial charge >= 0.3 is 0 Å². The van der Waals surface area contributed by atoms with Crippen molar-refractivity contribution in [2.24, 2.45) is 0 Å². The number of nitriles is 1. The van der Waals surface area contributed by atoms with Gasteiger partial charge in [0.15, 0.2) is 5.78 Å². The molecule has 0 radical (unpaired) electrons. The zero-order valence-corrected chi connectivity index (χ0v) is 13.1. The van der Waals surface area contributed by atoms with Gasteiger partial charge in [0.1, 0.15) is 12.2 Å². The lowest BCUT2D eigenvalue weighted by atomic mass is 10.0. The molecule has 1 N–H and O–H groups in total. The average Bonchev–Trinajstić information content (AvgIpc) is 2.55. The number of nitrogens with zero attached hydrogens (tertiary/aromatic N) is 1. The second kappa shape index (κ2) is 7.43. The number of methoxy groups -OCH3 is 1. The highest BCUT2D eigenvalue weighted by Gasteiger charge is 2.16. The Morgan fingerprint density at radius 1 is 1.22 bits per heavy atom. The average molecular weight is 329 g/mol. The quantitative estimate of drug-likeness (QED) is 0.853. The Bertz CT molecular complexity index is 779. The molecule has 0 spiro atoms. The molecule has 0 unspecified atom stereocenters. The first-order valence-electron chi connectivity index (χ1n) is 6.70. The Hall–Kier alpha value is -2.84. The van der Waals surface area contributed by atoms with Crippen LogP contribution in [0.15, 0.2) is 42.5 Å². The van der Waals surface area contributed by atoms with Gasteiger partial charge in [0.25, 0.3) is 0 Å². The van der Waals surface area contributed by atoms with Crippen molar-refractivity contribution < 1.29 is 14.3 Å². The number of ether oxygens (including phenoxy) is 1. The van der Waals surface area contributed by atoms with E-state index in [0.29, 0.717) is 22.0 Å². The molecule has 2 rings (SSSR count). The van der Waals surface area contributed by atoms with Crippen molar-refractivity contribution in [3.63, 3.8) is 0 Å². The van der Waals surface area contributed by atoms with E-state index in [1.807, 2.05) is 0 Å². The zero-order chi connectivity index (χ0) is 16.8. The van der Waals surface area contributed by atoms with Crippen LogP contribution in [0.2, 0.25) is 5.02 Å². The third kappa shape index (κ3) is 4.09. The number of halogens is 1. The van der Waals surface area contributed by atoms with Crippen LogP contribution in [0.5, 0.6) is 5.75 Å². The van der Waals surface area contributed by atoms with E-state index >= 15 is 0 Å². The number of carbonyl (C=O) groups is 2. The van der Waals surface area contributed by atoms with Crippen molar-refractivity contribution in [2.75, 3.05) is 12.4 Å². The third-order valence-electron chi connectivity index (χ3n) is 3.09. The second-order valence-electron chi connectivity index (χ2n) is 4.63. The van der Waals surface area contributed by atoms with E-state index in [1.54, 1.807) is 48.5 Å². The molecule has 0 bridgehead atoms. The molecular weight excluding hydrogens is 316 g/mol. The Kier molecular flexibility index (Phi) is 5.34. The van der Waals surface area contributed by atoms with E-state index in [2.05, 4.69) is 5.32 Å². The monoisotopic (exact) mass is 328 g/mol. The molecule has 6 heteroatoms. The van der Waals surface area contributed by atoms with Crippen LogP contribution in [0.1, 0.15) is 22.3 Å². The Morgan fingerprint density at radius 3 is 2.52 bits per heavy atom. The van der Waals surface area contributed by atoms with E-state index in [1.165, 1.54) is 7.11 Å². The molecule has 0 aliphatic heterocycles. The Morgan fingerprint density at radius 2 is 1.91 bits per heavy atom. The molecule has 0 aliphatic carbocycles. The van der Waals surface area contributed by atoms with Crippen molar-refractivity contribution in [1.29, 1.82) is 5.26 Å². The van der Waals surface area contributed by atoms with E-state index in [0.717, 1.165) is 0 Å². The van der Waals surface area contributed by atoms with Crippen LogP contribution in [-0.4, -0.2) is 18.8 Å². The maximum Gasteiger partial charge on any atom is 0.238 e. The van der Waals surface area contributed by atoms with Gasteiger partial charge in [-0.3, -0.25) is 9.59 Å². The molecule has 2 aromatic carbocycles. The molecule has 0 aromatic heterocycles. The summed E-state index contributed by atoms with van der Waals surface area (Å²) < 4.78 is 5.13. The molecule has 23 heavy (non-hydrogen) atoms. The van der Waals surface area contributed by atoms with Gasteiger partial charge < -0.3 is 10.1 Å². The molecule has 0 fully saturated rings. The highest BCUT2D eigenvalue weighted by Crippen LogP contribution is 2.25. The van der Waals surface area contributed by atoms with Crippen molar-refractivity contribution in [3.05, 3.63) is 58.6 Å². The fourth-order valence-corrected chi connectivity index (χ4v) is 2.10. The lowest BCUT2D eigenvalue weighted by molar-refractivity contribution is -0.115. The summed E-state index contributed by atoms with van der Waals surface area (Å²) in [5.74, 6) is -0.281. The number of hydrogen-bond acceptors (Lipinski definition) is 4. The molecule has 0 aliphatic rings. The van der Waals surface area contributed by atoms with Gasteiger partial charge in [-0.05, 0) is 42.5 Å². The number of ketones is 1. The molecule has 0 saturated heterocycles. The molecule has 0 atom stereocenters. The van der Waals surface area contributed by atoms with Gasteiger partial charge in [0.05, 0.1) is 18.9 Å². The number of nitrogens with one attached hydrogen (secondary N) is 1. The third-order valence-corrected chi connectivity index (χ3v) is 3.34. The SMILES string of the molecule is COc1ccc(NC(=O)CC#N)c(C(=O)c2ccc(Cl)cc2)c1. The molecule has 5 nitrogen and oxygen atoms in total. The fourth-order valence-electron chi connectivity index (χ4n) is 1.97. The first-order chi connectivity index (χ1) is 11.0. The molecular formula is C17H13ClN2O3. The van der Waals surface area contributed by atoms with E-state index < -0.39 is 5.91 Å². The second-order valence-corrected chi connectivity index (χ2v) is 5.07. The summed E-state index contributed by atoms with van der Waals surface area (Å²) in [6, 6.07) is 12.9. The van der Waals surface area contributed by atoms with Crippen LogP contribution in [-0.2, 0) is 4.79 Å². The smallest absolute Gasteiger partial charge is 0.238 e. The minimum atomic E-state index is -0.483. The van der Waals surface area contributed by atoms with Crippen molar-refractivity contribution >= 4 is 29.0 Å². The van der Waals surface area contributed by atoms with Gasteiger partial charge in [-0.2, -0.15) is 5.26 Å². The topological polar surface area (TPSA) is 79.2 Å². The lowest BCUT2D eigenvalue weighted by Gasteiger charge is -2.11. The Balaban J connectivity index is 2.41. The van der Waals surface area contributed by atoms with Gasteiger partial charge in [-0.25, -0.2) is 0 Å². The van der Waals surface area contributed by atoms with Crippen molar-refractivity contribution in [1.82, 2.24) is 0 Å². The predicted octanol–water partition coefficient (Wildman–Crippen LogP) is 3.43. The summed E-state index contributed by atoms with van der Waals surface area (Å²) in [4.78, 5) is 24.3. The zero-order valence-electron chi connectivity index (χ0n) is 12.3. The number of carbonyl (C=O) groups excluding carboxylic acids is 2. The summed E-state index contributed by atoms with van der Waals surface area (Å²) in [6.45, 7) is 0. The molecule has 116 valence electrons. The highest BCUT2D eigenvalue weighted by molar-refractivity contribution is 6.30. The molecule has 0 saturated carbocycles. The van der Waals surface area contributed by atoms with Crippen molar-refractivity contribution in [3.8, 4) is 11.8 Å². The summed E-state index contributed by atoms with van der Waals surface area (Å²) in [6.07, 6.45) is -0.291. The van der Waals surface area contributed by atoms with Crippen LogP contribution in [0.4, 0.5) is 5.69 Å². The standard InChI is InChI=1S/C17H13ClN2O3/c1-23-13-6-7-15(20-16(21)8-9-19)14(10-13)17(22)11-2-4-12(18)5-3-11/h2-7,10H,8H2,1H3,(H,20,21). The number of rotatable bonds is 5. The summed E-state index contributed by atoms with van der Waals surface area (Å²) in [5, 5.41) is 11.7. The first-order valence-corrected chi connectivity index (χ1v) is 7.08. The van der Waals surface area contributed by atoms with Crippen LogP contribution in [0.3, 0.4) is 0 Å². The van der Waals surface area contributed by atoms with Gasteiger partial charge in [-0.15, -0.1) is 0 Å². The predicted molar refractivity (Wildman–Crippen MR) is 86.7 cm³/mol. The minimum Gasteiger partial charge on any atom is -0.497 e. The normalized spacial score (nSPS) is 9.78. The number of hydrogen-bond donors (Lipinski definition) is 1. The van der Waals surface area contributed by atoms with Gasteiger partial charge in [0, 0.05) is 16.1 Å².